The molecule has 1 aromatic rings. The number of rotatable bonds is 3. The molecule has 0 bridgehead atoms. The van der Waals surface area contributed by atoms with Gasteiger partial charge in [-0.15, -0.1) is 0 Å². The fourth-order valence-electron chi connectivity index (χ4n) is 2.43. The van der Waals surface area contributed by atoms with Crippen LogP contribution in [0.5, 0.6) is 5.75 Å². The van der Waals surface area contributed by atoms with Gasteiger partial charge in [0.25, 0.3) is 11.8 Å². The monoisotopic (exact) mass is 310 g/mol. The molecule has 1 aliphatic heterocycles. The highest BCUT2D eigenvalue weighted by atomic mass is 19.1. The van der Waals surface area contributed by atoms with Crippen LogP contribution in [0, 0.1) is 5.82 Å². The third-order valence-electron chi connectivity index (χ3n) is 3.67. The lowest BCUT2D eigenvalue weighted by Crippen LogP contribution is -2.58. The number of methoxy groups -OCH3 is 1. The van der Waals surface area contributed by atoms with Gasteiger partial charge in [0.05, 0.1) is 20.3 Å². The summed E-state index contributed by atoms with van der Waals surface area (Å²) in [5.41, 5.74) is -0.896. The highest BCUT2D eigenvalue weighted by Crippen LogP contribution is 2.22. The summed E-state index contributed by atoms with van der Waals surface area (Å²) >= 11 is 0. The van der Waals surface area contributed by atoms with E-state index in [2.05, 4.69) is 5.32 Å². The van der Waals surface area contributed by atoms with Crippen molar-refractivity contribution in [3.05, 3.63) is 29.6 Å². The molecule has 0 aromatic heterocycles. The molecule has 0 radical (unpaired) electrons. The van der Waals surface area contributed by atoms with Crippen LogP contribution in [0.3, 0.4) is 0 Å². The Hall–Kier alpha value is -2.15. The van der Waals surface area contributed by atoms with Crippen LogP contribution in [0.25, 0.3) is 0 Å². The zero-order valence-electron chi connectivity index (χ0n) is 12.8. The number of carbonyl (C=O) groups excluding carboxylic acids is 2. The van der Waals surface area contributed by atoms with E-state index in [9.17, 15) is 14.0 Å². The van der Waals surface area contributed by atoms with Gasteiger partial charge in [0.1, 0.15) is 0 Å². The number of likely N-dealkylation sites (N-methyl/N-ethyl adjacent to an activating group) is 1. The molecule has 1 saturated heterocycles. The first-order valence-corrected chi connectivity index (χ1v) is 6.90. The average molecular weight is 310 g/mol. The van der Waals surface area contributed by atoms with Crippen LogP contribution in [-0.4, -0.2) is 56.2 Å². The van der Waals surface area contributed by atoms with E-state index in [1.54, 1.807) is 6.92 Å². The molecule has 7 heteroatoms. The molecule has 1 heterocycles. The van der Waals surface area contributed by atoms with Crippen LogP contribution in [0.2, 0.25) is 0 Å². The summed E-state index contributed by atoms with van der Waals surface area (Å²) in [7, 11) is 2.87. The van der Waals surface area contributed by atoms with E-state index in [0.717, 1.165) is 6.07 Å². The van der Waals surface area contributed by atoms with E-state index in [-0.39, 0.29) is 36.3 Å². The van der Waals surface area contributed by atoms with E-state index in [1.807, 2.05) is 0 Å². The van der Waals surface area contributed by atoms with Crippen molar-refractivity contribution in [1.82, 2.24) is 10.2 Å². The predicted molar refractivity (Wildman–Crippen MR) is 77.3 cm³/mol. The van der Waals surface area contributed by atoms with Crippen molar-refractivity contribution in [3.8, 4) is 5.75 Å². The van der Waals surface area contributed by atoms with Crippen molar-refractivity contribution in [1.29, 1.82) is 0 Å². The lowest BCUT2D eigenvalue weighted by molar-refractivity contribution is -0.153. The van der Waals surface area contributed by atoms with Crippen molar-refractivity contribution in [2.24, 2.45) is 0 Å². The summed E-state index contributed by atoms with van der Waals surface area (Å²) in [5, 5.41) is 2.52. The highest BCUT2D eigenvalue weighted by molar-refractivity contribution is 5.95. The lowest BCUT2D eigenvalue weighted by Gasteiger charge is -2.39. The first-order valence-electron chi connectivity index (χ1n) is 6.90. The van der Waals surface area contributed by atoms with E-state index >= 15 is 0 Å². The minimum atomic E-state index is -1.10. The number of hydrogen-bond donors (Lipinski definition) is 1. The van der Waals surface area contributed by atoms with Gasteiger partial charge >= 0.3 is 0 Å². The van der Waals surface area contributed by atoms with E-state index in [4.69, 9.17) is 9.47 Å². The first-order chi connectivity index (χ1) is 10.4. The first kappa shape index (κ1) is 16.2. The van der Waals surface area contributed by atoms with Gasteiger partial charge in [-0.3, -0.25) is 9.59 Å². The zero-order chi connectivity index (χ0) is 16.3. The van der Waals surface area contributed by atoms with Gasteiger partial charge in [0, 0.05) is 19.2 Å². The Bertz CT molecular complexity index is 593. The molecule has 1 fully saturated rings. The van der Waals surface area contributed by atoms with Crippen molar-refractivity contribution in [2.45, 2.75) is 12.5 Å². The maximum Gasteiger partial charge on any atom is 0.254 e. The Morgan fingerprint density at radius 2 is 2.18 bits per heavy atom. The van der Waals surface area contributed by atoms with Gasteiger partial charge in [0.15, 0.2) is 17.2 Å². The zero-order valence-corrected chi connectivity index (χ0v) is 12.8. The van der Waals surface area contributed by atoms with Crippen molar-refractivity contribution in [2.75, 3.05) is 33.9 Å². The fraction of sp³-hybridized carbons (Fsp3) is 0.467. The third kappa shape index (κ3) is 3.04. The molecule has 1 aromatic carbocycles. The Morgan fingerprint density at radius 3 is 2.77 bits per heavy atom. The molecule has 1 aliphatic rings. The second kappa shape index (κ2) is 6.31. The third-order valence-corrected chi connectivity index (χ3v) is 3.67. The molecule has 0 aliphatic carbocycles. The number of morpholine rings is 1. The van der Waals surface area contributed by atoms with Gasteiger partial charge in [-0.2, -0.15) is 0 Å². The Morgan fingerprint density at radius 1 is 1.45 bits per heavy atom. The quantitative estimate of drug-likeness (QED) is 0.897. The molecular formula is C15H19FN2O4. The number of hydrogen-bond acceptors (Lipinski definition) is 4. The molecule has 0 saturated carbocycles. The molecule has 1 N–H and O–H groups in total. The number of halogens is 1. The summed E-state index contributed by atoms with van der Waals surface area (Å²) in [4.78, 5) is 25.8. The number of benzene rings is 1. The maximum absolute atomic E-state index is 13.7. The number of nitrogens with one attached hydrogen (secondary N) is 1. The standard InChI is InChI=1S/C15H19FN2O4/c1-15(14(20)17-2)9-18(6-7-22-15)13(19)10-4-5-12(21-3)11(16)8-10/h4-5,8H,6-7,9H2,1-3H3,(H,17,20)/t15-/m1/s1. The van der Waals surface area contributed by atoms with Crippen LogP contribution in [0.1, 0.15) is 17.3 Å². The van der Waals surface area contributed by atoms with Crippen molar-refractivity contribution < 1.29 is 23.5 Å². The normalized spacial score (nSPS) is 21.4. The van der Waals surface area contributed by atoms with E-state index < -0.39 is 11.4 Å². The molecule has 22 heavy (non-hydrogen) atoms. The van der Waals surface area contributed by atoms with Gasteiger partial charge in [-0.1, -0.05) is 0 Å². The summed E-state index contributed by atoms with van der Waals surface area (Å²) in [6.45, 7) is 2.33. The molecular weight excluding hydrogens is 291 g/mol. The van der Waals surface area contributed by atoms with Crippen molar-refractivity contribution >= 4 is 11.8 Å². The maximum atomic E-state index is 13.7. The Kier molecular flexibility index (Phi) is 4.65. The lowest BCUT2D eigenvalue weighted by atomic mass is 10.0. The van der Waals surface area contributed by atoms with Crippen LogP contribution in [0.15, 0.2) is 18.2 Å². The number of amides is 2. The van der Waals surface area contributed by atoms with Crippen LogP contribution in [0.4, 0.5) is 4.39 Å². The number of nitrogens with zero attached hydrogens (tertiary/aromatic N) is 1. The molecule has 1 atom stereocenters. The minimum Gasteiger partial charge on any atom is -0.494 e. The molecule has 2 rings (SSSR count). The fourth-order valence-corrected chi connectivity index (χ4v) is 2.43. The average Bonchev–Trinajstić information content (AvgIpc) is 2.53. The summed E-state index contributed by atoms with van der Waals surface area (Å²) in [6, 6.07) is 4.03. The Labute approximate surface area is 128 Å². The summed E-state index contributed by atoms with van der Waals surface area (Å²) in [6.07, 6.45) is 0. The summed E-state index contributed by atoms with van der Waals surface area (Å²) < 4.78 is 24.1. The SMILES string of the molecule is CNC(=O)[C@@]1(C)CN(C(=O)c2ccc(OC)c(F)c2)CCO1. The second-order valence-electron chi connectivity index (χ2n) is 5.23. The molecule has 2 amide bonds. The van der Waals surface area contributed by atoms with Gasteiger partial charge in [0.2, 0.25) is 0 Å². The second-order valence-corrected chi connectivity index (χ2v) is 5.23. The van der Waals surface area contributed by atoms with Crippen molar-refractivity contribution in [3.63, 3.8) is 0 Å². The summed E-state index contributed by atoms with van der Waals surface area (Å²) in [5.74, 6) is -1.17. The van der Waals surface area contributed by atoms with E-state index in [1.165, 1.54) is 31.2 Å². The van der Waals surface area contributed by atoms with Crippen LogP contribution < -0.4 is 10.1 Å². The van der Waals surface area contributed by atoms with Gasteiger partial charge in [-0.25, -0.2) is 4.39 Å². The highest BCUT2D eigenvalue weighted by Gasteiger charge is 2.40. The Balaban J connectivity index is 2.19. The predicted octanol–water partition coefficient (Wildman–Crippen LogP) is 0.811. The molecule has 120 valence electrons. The smallest absolute Gasteiger partial charge is 0.254 e. The molecule has 6 nitrogen and oxygen atoms in total. The number of carbonyl (C=O) groups is 2. The molecule has 0 unspecified atom stereocenters. The topological polar surface area (TPSA) is 67.9 Å². The molecule has 0 spiro atoms. The number of ether oxygens (including phenoxy) is 2. The van der Waals surface area contributed by atoms with Crippen LogP contribution >= 0.6 is 0 Å². The minimum absolute atomic E-state index is 0.0775. The largest absolute Gasteiger partial charge is 0.494 e. The van der Waals surface area contributed by atoms with Crippen LogP contribution in [-0.2, 0) is 9.53 Å². The van der Waals surface area contributed by atoms with E-state index in [0.29, 0.717) is 6.54 Å². The van der Waals surface area contributed by atoms with Gasteiger partial charge < -0.3 is 19.7 Å². The van der Waals surface area contributed by atoms with Gasteiger partial charge in [-0.05, 0) is 25.1 Å².